The Morgan fingerprint density at radius 3 is 2.71 bits per heavy atom. The summed E-state index contributed by atoms with van der Waals surface area (Å²) in [5.74, 6) is 1.31. The highest BCUT2D eigenvalue weighted by Gasteiger charge is 2.10. The van der Waals surface area contributed by atoms with Gasteiger partial charge in [-0.2, -0.15) is 0 Å². The van der Waals surface area contributed by atoms with E-state index < -0.39 is 0 Å². The third-order valence-corrected chi connectivity index (χ3v) is 3.01. The Morgan fingerprint density at radius 1 is 1.24 bits per heavy atom. The number of hydrogen-bond acceptors (Lipinski definition) is 4. The fourth-order valence-electron chi connectivity index (χ4n) is 2.00. The topological polar surface area (TPSA) is 41.9 Å². The first-order chi connectivity index (χ1) is 8.29. The minimum atomic E-state index is 0.137. The second kappa shape index (κ2) is 5.77. The first-order valence-corrected chi connectivity index (χ1v) is 6.02. The normalized spacial score (nSPS) is 16.8. The maximum Gasteiger partial charge on any atom is 0.164 e. The molecule has 1 aliphatic rings. The molecule has 1 aromatic carbocycles. The lowest BCUT2D eigenvalue weighted by molar-refractivity contribution is 0.106. The average molecular weight is 237 g/mol. The van der Waals surface area contributed by atoms with Crippen LogP contribution in [0.25, 0.3) is 0 Å². The molecule has 0 saturated carbocycles. The van der Waals surface area contributed by atoms with Crippen molar-refractivity contribution in [1.82, 2.24) is 4.90 Å². The SMILES string of the molecule is COc1cc(OCN2CCCCC2)ccc1O. The molecule has 0 radical (unpaired) electrons. The number of methoxy groups -OCH3 is 1. The molecule has 0 spiro atoms. The van der Waals surface area contributed by atoms with Gasteiger partial charge in [0.25, 0.3) is 0 Å². The maximum absolute atomic E-state index is 9.46. The summed E-state index contributed by atoms with van der Waals surface area (Å²) in [5, 5.41) is 9.46. The first-order valence-electron chi connectivity index (χ1n) is 6.02. The van der Waals surface area contributed by atoms with Crippen LogP contribution in [0, 0.1) is 0 Å². The monoisotopic (exact) mass is 237 g/mol. The molecule has 1 N–H and O–H groups in total. The van der Waals surface area contributed by atoms with Crippen molar-refractivity contribution in [2.45, 2.75) is 19.3 Å². The lowest BCUT2D eigenvalue weighted by Gasteiger charge is -2.26. The van der Waals surface area contributed by atoms with Gasteiger partial charge >= 0.3 is 0 Å². The van der Waals surface area contributed by atoms with Crippen LogP contribution in [0.5, 0.6) is 17.2 Å². The van der Waals surface area contributed by atoms with Gasteiger partial charge in [-0.3, -0.25) is 4.90 Å². The van der Waals surface area contributed by atoms with Crippen molar-refractivity contribution >= 4 is 0 Å². The first kappa shape index (κ1) is 12.0. The van der Waals surface area contributed by atoms with Gasteiger partial charge in [0.2, 0.25) is 0 Å². The molecule has 0 aromatic heterocycles. The maximum atomic E-state index is 9.46. The molecule has 0 bridgehead atoms. The van der Waals surface area contributed by atoms with E-state index in [9.17, 15) is 5.11 Å². The highest BCUT2D eigenvalue weighted by Crippen LogP contribution is 2.29. The Labute approximate surface area is 102 Å². The lowest BCUT2D eigenvalue weighted by Crippen LogP contribution is -2.33. The smallest absolute Gasteiger partial charge is 0.164 e. The van der Waals surface area contributed by atoms with Crippen molar-refractivity contribution in [2.75, 3.05) is 26.9 Å². The molecule has 1 aliphatic heterocycles. The Morgan fingerprint density at radius 2 is 2.00 bits per heavy atom. The van der Waals surface area contributed by atoms with Crippen LogP contribution < -0.4 is 9.47 Å². The van der Waals surface area contributed by atoms with Gasteiger partial charge in [0.1, 0.15) is 12.5 Å². The Bertz CT molecular complexity index is 362. The van der Waals surface area contributed by atoms with Crippen molar-refractivity contribution in [3.63, 3.8) is 0 Å². The average Bonchev–Trinajstić information content (AvgIpc) is 2.39. The number of hydrogen-bond donors (Lipinski definition) is 1. The number of rotatable bonds is 4. The molecule has 1 fully saturated rings. The third kappa shape index (κ3) is 3.27. The minimum absolute atomic E-state index is 0.137. The van der Waals surface area contributed by atoms with Crippen LogP contribution in [0.1, 0.15) is 19.3 Å². The number of nitrogens with zero attached hydrogens (tertiary/aromatic N) is 1. The van der Waals surface area contributed by atoms with Crippen molar-refractivity contribution in [1.29, 1.82) is 0 Å². The molecule has 4 heteroatoms. The van der Waals surface area contributed by atoms with Gasteiger partial charge in [0.15, 0.2) is 11.5 Å². The van der Waals surface area contributed by atoms with E-state index in [1.807, 2.05) is 0 Å². The van der Waals surface area contributed by atoms with Crippen LogP contribution in [0.3, 0.4) is 0 Å². The number of phenols is 1. The van der Waals surface area contributed by atoms with Crippen LogP contribution in [-0.4, -0.2) is 36.9 Å². The zero-order valence-electron chi connectivity index (χ0n) is 10.2. The molecule has 1 aromatic rings. The van der Waals surface area contributed by atoms with Crippen LogP contribution in [0.4, 0.5) is 0 Å². The second-order valence-corrected chi connectivity index (χ2v) is 4.29. The summed E-state index contributed by atoms with van der Waals surface area (Å²) < 4.78 is 10.7. The van der Waals surface area contributed by atoms with E-state index in [2.05, 4.69) is 4.90 Å². The van der Waals surface area contributed by atoms with Gasteiger partial charge in [-0.05, 0) is 25.0 Å². The van der Waals surface area contributed by atoms with E-state index in [-0.39, 0.29) is 5.75 Å². The van der Waals surface area contributed by atoms with E-state index >= 15 is 0 Å². The molecule has 1 saturated heterocycles. The number of likely N-dealkylation sites (tertiary alicyclic amines) is 1. The molecular formula is C13H19NO3. The summed E-state index contributed by atoms with van der Waals surface area (Å²) in [7, 11) is 1.53. The van der Waals surface area contributed by atoms with Crippen LogP contribution in [0.2, 0.25) is 0 Å². The molecule has 0 amide bonds. The standard InChI is InChI=1S/C13H19NO3/c1-16-13-9-11(5-6-12(13)15)17-10-14-7-3-2-4-8-14/h5-6,9,15H,2-4,7-8,10H2,1H3. The minimum Gasteiger partial charge on any atom is -0.504 e. The van der Waals surface area contributed by atoms with E-state index in [0.717, 1.165) is 18.8 Å². The van der Waals surface area contributed by atoms with Crippen molar-refractivity contribution in [2.24, 2.45) is 0 Å². The van der Waals surface area contributed by atoms with Gasteiger partial charge in [0, 0.05) is 19.2 Å². The van der Waals surface area contributed by atoms with E-state index in [4.69, 9.17) is 9.47 Å². The van der Waals surface area contributed by atoms with E-state index in [0.29, 0.717) is 12.5 Å². The summed E-state index contributed by atoms with van der Waals surface area (Å²) in [6.07, 6.45) is 3.83. The molecule has 0 unspecified atom stereocenters. The number of aromatic hydroxyl groups is 1. The number of phenolic OH excluding ortho intramolecular Hbond substituents is 1. The quantitative estimate of drug-likeness (QED) is 0.872. The highest BCUT2D eigenvalue weighted by atomic mass is 16.5. The zero-order valence-corrected chi connectivity index (χ0v) is 10.2. The predicted molar refractivity (Wildman–Crippen MR) is 65.6 cm³/mol. The van der Waals surface area contributed by atoms with Gasteiger partial charge in [-0.1, -0.05) is 6.42 Å². The fourth-order valence-corrected chi connectivity index (χ4v) is 2.00. The van der Waals surface area contributed by atoms with Crippen molar-refractivity contribution in [3.8, 4) is 17.2 Å². The number of benzene rings is 1. The molecule has 0 atom stereocenters. The molecule has 94 valence electrons. The summed E-state index contributed by atoms with van der Waals surface area (Å²) in [5.41, 5.74) is 0. The number of piperidine rings is 1. The van der Waals surface area contributed by atoms with E-state index in [1.54, 1.807) is 18.2 Å². The lowest BCUT2D eigenvalue weighted by atomic mass is 10.1. The van der Waals surface area contributed by atoms with Gasteiger partial charge < -0.3 is 14.6 Å². The van der Waals surface area contributed by atoms with Crippen molar-refractivity contribution in [3.05, 3.63) is 18.2 Å². The van der Waals surface area contributed by atoms with E-state index in [1.165, 1.54) is 26.4 Å². The van der Waals surface area contributed by atoms with Gasteiger partial charge in [0.05, 0.1) is 7.11 Å². The molecule has 17 heavy (non-hydrogen) atoms. The highest BCUT2D eigenvalue weighted by molar-refractivity contribution is 5.44. The van der Waals surface area contributed by atoms with Gasteiger partial charge in [-0.25, -0.2) is 0 Å². The number of ether oxygens (including phenoxy) is 2. The Balaban J connectivity index is 1.89. The van der Waals surface area contributed by atoms with Gasteiger partial charge in [-0.15, -0.1) is 0 Å². The zero-order chi connectivity index (χ0) is 12.1. The molecule has 4 nitrogen and oxygen atoms in total. The van der Waals surface area contributed by atoms with Crippen LogP contribution >= 0.6 is 0 Å². The molecule has 1 heterocycles. The fraction of sp³-hybridized carbons (Fsp3) is 0.538. The van der Waals surface area contributed by atoms with Crippen molar-refractivity contribution < 1.29 is 14.6 Å². The third-order valence-electron chi connectivity index (χ3n) is 3.01. The predicted octanol–water partition coefficient (Wildman–Crippen LogP) is 2.22. The summed E-state index contributed by atoms with van der Waals surface area (Å²) >= 11 is 0. The second-order valence-electron chi connectivity index (χ2n) is 4.29. The molecule has 2 rings (SSSR count). The summed E-state index contributed by atoms with van der Waals surface area (Å²) in [4.78, 5) is 2.29. The largest absolute Gasteiger partial charge is 0.504 e. The van der Waals surface area contributed by atoms with Crippen LogP contribution in [0.15, 0.2) is 18.2 Å². The van der Waals surface area contributed by atoms with Crippen LogP contribution in [-0.2, 0) is 0 Å². The Kier molecular flexibility index (Phi) is 4.09. The molecule has 0 aliphatic carbocycles. The Hall–Kier alpha value is -1.42. The molecular weight excluding hydrogens is 218 g/mol. The summed E-state index contributed by atoms with van der Waals surface area (Å²) in [6.45, 7) is 2.82. The summed E-state index contributed by atoms with van der Waals surface area (Å²) in [6, 6.07) is 5.05.